The molecule has 1 fully saturated rings. The maximum Gasteiger partial charge on any atom is 0.138 e. The molecule has 1 aliphatic rings. The molecule has 20 heavy (non-hydrogen) atoms. The van der Waals surface area contributed by atoms with Crippen molar-refractivity contribution in [2.45, 2.75) is 65.0 Å². The summed E-state index contributed by atoms with van der Waals surface area (Å²) in [6.07, 6.45) is 8.58. The van der Waals surface area contributed by atoms with Crippen LogP contribution in [0.5, 0.6) is 5.75 Å². The van der Waals surface area contributed by atoms with E-state index in [-0.39, 0.29) is 0 Å². The first-order chi connectivity index (χ1) is 9.72. The molecule has 1 aromatic heterocycles. The second-order valence-electron chi connectivity index (χ2n) is 5.88. The lowest BCUT2D eigenvalue weighted by molar-refractivity contribution is 0.121. The van der Waals surface area contributed by atoms with Crippen molar-refractivity contribution in [1.82, 2.24) is 10.3 Å². The predicted octanol–water partition coefficient (Wildman–Crippen LogP) is 4.10. The maximum atomic E-state index is 6.10. The van der Waals surface area contributed by atoms with Gasteiger partial charge in [-0.1, -0.05) is 26.7 Å². The first-order valence-corrected chi connectivity index (χ1v) is 8.08. The van der Waals surface area contributed by atoms with Gasteiger partial charge in [-0.15, -0.1) is 0 Å². The van der Waals surface area contributed by atoms with Crippen LogP contribution in [-0.4, -0.2) is 17.6 Å². The number of rotatable bonds is 6. The monoisotopic (exact) mass is 276 g/mol. The Morgan fingerprint density at radius 2 is 2.20 bits per heavy atom. The molecular formula is C17H28N2O. The number of hydrogen-bond donors (Lipinski definition) is 1. The van der Waals surface area contributed by atoms with Gasteiger partial charge in [-0.3, -0.25) is 4.98 Å². The zero-order chi connectivity index (χ0) is 14.4. The van der Waals surface area contributed by atoms with Gasteiger partial charge in [-0.05, 0) is 50.8 Å². The van der Waals surface area contributed by atoms with Crippen molar-refractivity contribution in [1.29, 1.82) is 0 Å². The zero-order valence-corrected chi connectivity index (χ0v) is 13.1. The van der Waals surface area contributed by atoms with Crippen LogP contribution in [0.3, 0.4) is 0 Å². The Hall–Kier alpha value is -1.09. The van der Waals surface area contributed by atoms with Gasteiger partial charge >= 0.3 is 0 Å². The molecule has 2 rings (SSSR count). The van der Waals surface area contributed by atoms with Gasteiger partial charge in [0, 0.05) is 6.04 Å². The molecule has 0 radical (unpaired) electrons. The van der Waals surface area contributed by atoms with Gasteiger partial charge in [-0.2, -0.15) is 0 Å². The quantitative estimate of drug-likeness (QED) is 0.849. The molecule has 0 bridgehead atoms. The Morgan fingerprint density at radius 1 is 1.35 bits per heavy atom. The summed E-state index contributed by atoms with van der Waals surface area (Å²) < 4.78 is 6.10. The third kappa shape index (κ3) is 4.20. The van der Waals surface area contributed by atoms with Gasteiger partial charge in [0.1, 0.15) is 5.75 Å². The first-order valence-electron chi connectivity index (χ1n) is 8.08. The van der Waals surface area contributed by atoms with Crippen molar-refractivity contribution in [2.24, 2.45) is 5.92 Å². The summed E-state index contributed by atoms with van der Waals surface area (Å²) in [5.41, 5.74) is 1.08. The average molecular weight is 276 g/mol. The van der Waals surface area contributed by atoms with E-state index >= 15 is 0 Å². The van der Waals surface area contributed by atoms with E-state index in [1.807, 2.05) is 6.20 Å². The van der Waals surface area contributed by atoms with Crippen LogP contribution in [0.15, 0.2) is 18.3 Å². The van der Waals surface area contributed by atoms with Crippen LogP contribution in [0.25, 0.3) is 0 Å². The molecule has 3 atom stereocenters. The molecular weight excluding hydrogens is 248 g/mol. The standard InChI is InChI=1S/C17H28N2O/c1-4-14-7-6-8-15(11-14)20-16-9-10-17(19-12-16)13(3)18-5-2/h9-10,12-15,18H,4-8,11H2,1-3H3. The zero-order valence-electron chi connectivity index (χ0n) is 13.1. The van der Waals surface area contributed by atoms with E-state index < -0.39 is 0 Å². The minimum atomic E-state index is 0.299. The van der Waals surface area contributed by atoms with Gasteiger partial charge in [0.05, 0.1) is 18.0 Å². The van der Waals surface area contributed by atoms with Crippen LogP contribution in [-0.2, 0) is 0 Å². The Balaban J connectivity index is 1.90. The molecule has 1 N–H and O–H groups in total. The number of hydrogen-bond acceptors (Lipinski definition) is 3. The molecule has 3 heteroatoms. The van der Waals surface area contributed by atoms with Gasteiger partial charge in [-0.25, -0.2) is 0 Å². The summed E-state index contributed by atoms with van der Waals surface area (Å²) in [6, 6.07) is 4.43. The first kappa shape index (κ1) is 15.3. The molecule has 3 unspecified atom stereocenters. The molecule has 0 aromatic carbocycles. The van der Waals surface area contributed by atoms with Crippen molar-refractivity contribution >= 4 is 0 Å². The fourth-order valence-electron chi connectivity index (χ4n) is 3.04. The van der Waals surface area contributed by atoms with E-state index in [1.54, 1.807) is 0 Å². The Labute approximate surface area is 123 Å². The molecule has 0 aliphatic heterocycles. The third-order valence-corrected chi connectivity index (χ3v) is 4.33. The van der Waals surface area contributed by atoms with Crippen molar-refractivity contribution in [3.63, 3.8) is 0 Å². The molecule has 1 aliphatic carbocycles. The van der Waals surface area contributed by atoms with E-state index in [9.17, 15) is 0 Å². The molecule has 0 saturated heterocycles. The number of ether oxygens (including phenoxy) is 1. The van der Waals surface area contributed by atoms with Crippen molar-refractivity contribution in [2.75, 3.05) is 6.54 Å². The number of pyridine rings is 1. The number of nitrogens with zero attached hydrogens (tertiary/aromatic N) is 1. The highest BCUT2D eigenvalue weighted by atomic mass is 16.5. The highest BCUT2D eigenvalue weighted by Crippen LogP contribution is 2.29. The van der Waals surface area contributed by atoms with Crippen LogP contribution in [0.4, 0.5) is 0 Å². The van der Waals surface area contributed by atoms with E-state index in [2.05, 4.69) is 43.2 Å². The molecule has 112 valence electrons. The largest absolute Gasteiger partial charge is 0.489 e. The highest BCUT2D eigenvalue weighted by Gasteiger charge is 2.22. The van der Waals surface area contributed by atoms with E-state index in [0.717, 1.165) is 23.9 Å². The van der Waals surface area contributed by atoms with Crippen molar-refractivity contribution in [3.05, 3.63) is 24.0 Å². The minimum Gasteiger partial charge on any atom is -0.489 e. The fraction of sp³-hybridized carbons (Fsp3) is 0.706. The molecule has 1 saturated carbocycles. The second-order valence-corrected chi connectivity index (χ2v) is 5.88. The summed E-state index contributed by atoms with van der Waals surface area (Å²) >= 11 is 0. The lowest BCUT2D eigenvalue weighted by atomic mass is 9.85. The summed E-state index contributed by atoms with van der Waals surface area (Å²) in [4.78, 5) is 4.51. The minimum absolute atomic E-state index is 0.299. The van der Waals surface area contributed by atoms with Gasteiger partial charge < -0.3 is 10.1 Å². The fourth-order valence-corrected chi connectivity index (χ4v) is 3.04. The number of nitrogens with one attached hydrogen (secondary N) is 1. The second kappa shape index (κ2) is 7.63. The Morgan fingerprint density at radius 3 is 2.85 bits per heavy atom. The summed E-state index contributed by atoms with van der Waals surface area (Å²) in [5, 5.41) is 3.37. The predicted molar refractivity (Wildman–Crippen MR) is 83.0 cm³/mol. The molecule has 0 spiro atoms. The molecule has 1 heterocycles. The Kier molecular flexibility index (Phi) is 5.84. The average Bonchev–Trinajstić information content (AvgIpc) is 2.48. The lowest BCUT2D eigenvalue weighted by Crippen LogP contribution is -2.25. The summed E-state index contributed by atoms with van der Waals surface area (Å²) in [7, 11) is 0. The van der Waals surface area contributed by atoms with Crippen LogP contribution in [0.2, 0.25) is 0 Å². The van der Waals surface area contributed by atoms with Crippen LogP contribution in [0, 0.1) is 5.92 Å². The summed E-state index contributed by atoms with van der Waals surface area (Å²) in [6.45, 7) is 7.49. The van der Waals surface area contributed by atoms with Crippen LogP contribution >= 0.6 is 0 Å². The van der Waals surface area contributed by atoms with E-state index in [0.29, 0.717) is 12.1 Å². The normalized spacial score (nSPS) is 24.4. The maximum absolute atomic E-state index is 6.10. The van der Waals surface area contributed by atoms with Crippen LogP contribution in [0.1, 0.15) is 64.6 Å². The SMILES string of the molecule is CCNC(C)c1ccc(OC2CCCC(CC)C2)cn1. The van der Waals surface area contributed by atoms with Gasteiger partial charge in [0.2, 0.25) is 0 Å². The van der Waals surface area contributed by atoms with Crippen LogP contribution < -0.4 is 10.1 Å². The molecule has 1 aromatic rings. The van der Waals surface area contributed by atoms with Crippen molar-refractivity contribution < 1.29 is 4.74 Å². The topological polar surface area (TPSA) is 34.1 Å². The van der Waals surface area contributed by atoms with Crippen molar-refractivity contribution in [3.8, 4) is 5.75 Å². The summed E-state index contributed by atoms with van der Waals surface area (Å²) in [5.74, 6) is 1.76. The third-order valence-electron chi connectivity index (χ3n) is 4.33. The highest BCUT2D eigenvalue weighted by molar-refractivity contribution is 5.21. The van der Waals surface area contributed by atoms with E-state index in [1.165, 1.54) is 32.1 Å². The van der Waals surface area contributed by atoms with Gasteiger partial charge in [0.15, 0.2) is 0 Å². The lowest BCUT2D eigenvalue weighted by Gasteiger charge is -2.28. The number of aromatic nitrogens is 1. The molecule has 0 amide bonds. The van der Waals surface area contributed by atoms with E-state index in [4.69, 9.17) is 4.74 Å². The van der Waals surface area contributed by atoms with Gasteiger partial charge in [0.25, 0.3) is 0 Å². The Bertz CT molecular complexity index is 390. The molecule has 3 nitrogen and oxygen atoms in total. The smallest absolute Gasteiger partial charge is 0.138 e.